The largest absolute Gasteiger partial charge is 0.361 e. The van der Waals surface area contributed by atoms with Crippen molar-refractivity contribution in [1.29, 1.82) is 0 Å². The molecule has 7 heteroatoms. The van der Waals surface area contributed by atoms with Crippen LogP contribution in [0.5, 0.6) is 0 Å². The second kappa shape index (κ2) is 8.44. The molecule has 5 rings (SSSR count). The van der Waals surface area contributed by atoms with Crippen LogP contribution >= 0.6 is 11.6 Å². The van der Waals surface area contributed by atoms with E-state index in [0.717, 1.165) is 32.4 Å². The van der Waals surface area contributed by atoms with Crippen molar-refractivity contribution in [3.8, 4) is 0 Å². The number of nitrogens with zero attached hydrogens (tertiary/aromatic N) is 3. The highest BCUT2D eigenvalue weighted by molar-refractivity contribution is 6.29. The van der Waals surface area contributed by atoms with E-state index in [1.807, 2.05) is 0 Å². The minimum atomic E-state index is -0.195. The zero-order chi connectivity index (χ0) is 21.4. The number of hydrogen-bond acceptors (Lipinski definition) is 4. The standard InChI is InChI=1S/C24H26ClN5O/c1-2-10-30-14-15(6-9-23(31)27-22-8-7-21(25)28-29-22)11-18-17-4-3-5-19-24(17)16(13-26-19)12-20(18)30/h3-9,13,15,18,20,26H,2,10-12,14H2,1H3,(H,27,29,31)/b9-6+/t15-,18-,20-/m1/s1. The fourth-order valence-electron chi connectivity index (χ4n) is 5.29. The first-order valence-electron chi connectivity index (χ1n) is 10.9. The predicted molar refractivity (Wildman–Crippen MR) is 123 cm³/mol. The van der Waals surface area contributed by atoms with Crippen LogP contribution < -0.4 is 5.32 Å². The van der Waals surface area contributed by atoms with E-state index in [4.69, 9.17) is 11.6 Å². The molecular weight excluding hydrogens is 410 g/mol. The van der Waals surface area contributed by atoms with Crippen molar-refractivity contribution < 1.29 is 4.79 Å². The Balaban J connectivity index is 1.36. The van der Waals surface area contributed by atoms with Crippen LogP contribution in [0.2, 0.25) is 5.15 Å². The average molecular weight is 436 g/mol. The van der Waals surface area contributed by atoms with Crippen molar-refractivity contribution in [2.24, 2.45) is 5.92 Å². The molecule has 3 heterocycles. The molecule has 1 aromatic carbocycles. The summed E-state index contributed by atoms with van der Waals surface area (Å²) >= 11 is 5.75. The molecule has 0 saturated carbocycles. The molecule has 31 heavy (non-hydrogen) atoms. The maximum Gasteiger partial charge on any atom is 0.249 e. The molecular formula is C24H26ClN5O. The van der Waals surface area contributed by atoms with Gasteiger partial charge in [-0.25, -0.2) is 0 Å². The highest BCUT2D eigenvalue weighted by Crippen LogP contribution is 2.45. The maximum absolute atomic E-state index is 12.4. The summed E-state index contributed by atoms with van der Waals surface area (Å²) in [7, 11) is 0. The van der Waals surface area contributed by atoms with Crippen molar-refractivity contribution in [3.63, 3.8) is 0 Å². The molecule has 160 valence electrons. The van der Waals surface area contributed by atoms with Crippen LogP contribution in [0.25, 0.3) is 10.9 Å². The van der Waals surface area contributed by atoms with Crippen molar-refractivity contribution in [3.05, 3.63) is 65.0 Å². The Morgan fingerprint density at radius 3 is 3.03 bits per heavy atom. The molecule has 1 aliphatic carbocycles. The number of H-pyrrole nitrogens is 1. The summed E-state index contributed by atoms with van der Waals surface area (Å²) in [6.07, 6.45) is 9.15. The van der Waals surface area contributed by atoms with E-state index in [1.54, 1.807) is 18.2 Å². The Morgan fingerprint density at radius 1 is 1.32 bits per heavy atom. The number of likely N-dealkylation sites (tertiary alicyclic amines) is 1. The number of hydrogen-bond donors (Lipinski definition) is 2. The zero-order valence-corrected chi connectivity index (χ0v) is 18.3. The highest BCUT2D eigenvalue weighted by atomic mass is 35.5. The van der Waals surface area contributed by atoms with Gasteiger partial charge in [-0.1, -0.05) is 36.7 Å². The molecule has 1 aliphatic heterocycles. The number of aromatic amines is 1. The number of nitrogens with one attached hydrogen (secondary N) is 2. The van der Waals surface area contributed by atoms with E-state index >= 15 is 0 Å². The van der Waals surface area contributed by atoms with Crippen LogP contribution in [0.1, 0.15) is 36.8 Å². The second-order valence-electron chi connectivity index (χ2n) is 8.54. The Kier molecular flexibility index (Phi) is 5.50. The van der Waals surface area contributed by atoms with E-state index in [2.05, 4.69) is 62.8 Å². The van der Waals surface area contributed by atoms with Crippen LogP contribution in [0.4, 0.5) is 5.82 Å². The Hall–Kier alpha value is -2.70. The molecule has 3 atom stereocenters. The first-order chi connectivity index (χ1) is 15.1. The van der Waals surface area contributed by atoms with Crippen molar-refractivity contribution in [1.82, 2.24) is 20.1 Å². The smallest absolute Gasteiger partial charge is 0.249 e. The maximum atomic E-state index is 12.4. The Bertz CT molecular complexity index is 1120. The molecule has 0 spiro atoms. The second-order valence-corrected chi connectivity index (χ2v) is 8.93. The number of fused-ring (bicyclic) bond motifs is 2. The fraction of sp³-hybridized carbons (Fsp3) is 0.375. The van der Waals surface area contributed by atoms with Gasteiger partial charge in [-0.2, -0.15) is 0 Å². The zero-order valence-electron chi connectivity index (χ0n) is 17.5. The number of amides is 1. The number of carbonyl (C=O) groups is 1. The SMILES string of the molecule is CCCN1C[C@H](/C=C/C(=O)Nc2ccc(Cl)nn2)C[C@@H]2c3cccc4[nH]cc(c34)C[C@H]21. The van der Waals surface area contributed by atoms with Gasteiger partial charge in [-0.15, -0.1) is 10.2 Å². The van der Waals surface area contributed by atoms with Crippen LogP contribution in [0, 0.1) is 5.92 Å². The molecule has 1 amide bonds. The number of benzene rings is 1. The van der Waals surface area contributed by atoms with Gasteiger partial charge in [0.05, 0.1) is 0 Å². The molecule has 1 fully saturated rings. The summed E-state index contributed by atoms with van der Waals surface area (Å²) in [5, 5.41) is 12.1. The quantitative estimate of drug-likeness (QED) is 0.577. The normalized spacial score (nSPS) is 23.2. The van der Waals surface area contributed by atoms with Crippen molar-refractivity contribution in [2.75, 3.05) is 18.4 Å². The van der Waals surface area contributed by atoms with Crippen molar-refractivity contribution >= 4 is 34.2 Å². The fourth-order valence-corrected chi connectivity index (χ4v) is 5.39. The summed E-state index contributed by atoms with van der Waals surface area (Å²) < 4.78 is 0. The molecule has 3 aromatic rings. The number of halogens is 1. The van der Waals surface area contributed by atoms with Crippen LogP contribution in [0.15, 0.2) is 48.7 Å². The van der Waals surface area contributed by atoms with Gasteiger partial charge in [0.2, 0.25) is 5.91 Å². The number of rotatable bonds is 5. The topological polar surface area (TPSA) is 73.9 Å². The molecule has 1 saturated heterocycles. The van der Waals surface area contributed by atoms with E-state index in [1.165, 1.54) is 22.0 Å². The van der Waals surface area contributed by atoms with Gasteiger partial charge in [-0.3, -0.25) is 9.69 Å². The van der Waals surface area contributed by atoms with Crippen LogP contribution in [-0.4, -0.2) is 45.1 Å². The van der Waals surface area contributed by atoms with Crippen molar-refractivity contribution in [2.45, 2.75) is 38.1 Å². The third-order valence-corrected chi connectivity index (χ3v) is 6.72. The molecule has 2 N–H and O–H groups in total. The summed E-state index contributed by atoms with van der Waals surface area (Å²) in [6, 6.07) is 10.4. The number of piperidine rings is 1. The third kappa shape index (κ3) is 3.98. The van der Waals surface area contributed by atoms with E-state index in [0.29, 0.717) is 28.8 Å². The van der Waals surface area contributed by atoms with Gasteiger partial charge in [0.1, 0.15) is 0 Å². The Morgan fingerprint density at radius 2 is 2.23 bits per heavy atom. The van der Waals surface area contributed by atoms with Gasteiger partial charge in [0.15, 0.2) is 11.0 Å². The number of anilines is 1. The van der Waals surface area contributed by atoms with Crippen LogP contribution in [-0.2, 0) is 11.2 Å². The molecule has 6 nitrogen and oxygen atoms in total. The van der Waals surface area contributed by atoms with E-state index in [9.17, 15) is 4.79 Å². The average Bonchev–Trinajstić information content (AvgIpc) is 3.19. The minimum absolute atomic E-state index is 0.195. The molecule has 0 unspecified atom stereocenters. The van der Waals surface area contributed by atoms with Gasteiger partial charge < -0.3 is 10.3 Å². The summed E-state index contributed by atoms with van der Waals surface area (Å²) in [4.78, 5) is 18.5. The molecule has 0 bridgehead atoms. The van der Waals surface area contributed by atoms with Crippen LogP contribution in [0.3, 0.4) is 0 Å². The highest BCUT2D eigenvalue weighted by Gasteiger charge is 2.39. The first-order valence-corrected chi connectivity index (χ1v) is 11.3. The van der Waals surface area contributed by atoms with Gasteiger partial charge in [0.25, 0.3) is 0 Å². The number of aromatic nitrogens is 3. The summed E-state index contributed by atoms with van der Waals surface area (Å²) in [6.45, 7) is 4.30. The lowest BCUT2D eigenvalue weighted by Crippen LogP contribution is -2.49. The summed E-state index contributed by atoms with van der Waals surface area (Å²) in [5.74, 6) is 1.01. The third-order valence-electron chi connectivity index (χ3n) is 6.52. The minimum Gasteiger partial charge on any atom is -0.361 e. The lowest BCUT2D eigenvalue weighted by Gasteiger charge is -2.46. The lowest BCUT2D eigenvalue weighted by molar-refractivity contribution is -0.112. The van der Waals surface area contributed by atoms with Gasteiger partial charge in [-0.05, 0) is 67.1 Å². The first kappa shape index (κ1) is 20.2. The van der Waals surface area contributed by atoms with E-state index < -0.39 is 0 Å². The summed E-state index contributed by atoms with van der Waals surface area (Å²) in [5.41, 5.74) is 4.12. The molecule has 0 radical (unpaired) electrons. The Labute approximate surface area is 186 Å². The number of carbonyl (C=O) groups excluding carboxylic acids is 1. The monoisotopic (exact) mass is 435 g/mol. The predicted octanol–water partition coefficient (Wildman–Crippen LogP) is 4.55. The molecule has 2 aromatic heterocycles. The molecule has 2 aliphatic rings. The lowest BCUT2D eigenvalue weighted by atomic mass is 9.72. The van der Waals surface area contributed by atoms with Gasteiger partial charge >= 0.3 is 0 Å². The van der Waals surface area contributed by atoms with E-state index in [-0.39, 0.29) is 5.91 Å². The van der Waals surface area contributed by atoms with Gasteiger partial charge in [0, 0.05) is 35.6 Å².